The van der Waals surface area contributed by atoms with Crippen LogP contribution in [0.1, 0.15) is 0 Å². The van der Waals surface area contributed by atoms with Crippen LogP contribution in [-0.2, 0) is 0 Å². The number of amides is 2. The summed E-state index contributed by atoms with van der Waals surface area (Å²) in [5.74, 6) is 0.144. The molecule has 0 spiro atoms. The minimum Gasteiger partial charge on any atom is -0.457 e. The van der Waals surface area contributed by atoms with Crippen molar-refractivity contribution in [1.29, 1.82) is 0 Å². The number of nitrogens with zero attached hydrogens (tertiary/aromatic N) is 2. The van der Waals surface area contributed by atoms with Crippen LogP contribution in [-0.4, -0.2) is 16.0 Å². The van der Waals surface area contributed by atoms with Crippen molar-refractivity contribution in [2.45, 2.75) is 0 Å². The maximum absolute atomic E-state index is 14.0. The molecule has 6 nitrogen and oxygen atoms in total. The Bertz CT molecular complexity index is 1200. The normalized spacial score (nSPS) is 10.6. The standard InChI is InChI=1S/C21H14ClFN4O2/c22-13-2-1-3-15(8-13)26-21(28)27-16-9-14(23)10-18(11-16)29-17-4-5-19-20(12-17)25-7-6-24-19/h1-12H,(H2,26,27,28). The minimum atomic E-state index is -0.555. The molecule has 0 saturated heterocycles. The molecule has 1 aromatic heterocycles. The van der Waals surface area contributed by atoms with Gasteiger partial charge >= 0.3 is 6.03 Å². The Morgan fingerprint density at radius 2 is 1.66 bits per heavy atom. The average Bonchev–Trinajstić information content (AvgIpc) is 2.67. The fourth-order valence-electron chi connectivity index (χ4n) is 2.70. The van der Waals surface area contributed by atoms with Gasteiger partial charge in [0.2, 0.25) is 0 Å². The van der Waals surface area contributed by atoms with Gasteiger partial charge in [0.25, 0.3) is 0 Å². The van der Waals surface area contributed by atoms with Crippen LogP contribution in [0.25, 0.3) is 11.0 Å². The number of hydrogen-bond donors (Lipinski definition) is 2. The second kappa shape index (κ2) is 8.12. The lowest BCUT2D eigenvalue weighted by molar-refractivity contribution is 0.262. The van der Waals surface area contributed by atoms with Crippen LogP contribution in [0.5, 0.6) is 11.5 Å². The predicted molar refractivity (Wildman–Crippen MR) is 110 cm³/mol. The SMILES string of the molecule is O=C(Nc1cccc(Cl)c1)Nc1cc(F)cc(Oc2ccc3nccnc3c2)c1. The van der Waals surface area contributed by atoms with Crippen LogP contribution >= 0.6 is 11.6 Å². The number of ether oxygens (including phenoxy) is 1. The number of benzene rings is 3. The summed E-state index contributed by atoms with van der Waals surface area (Å²) in [6.07, 6.45) is 3.18. The summed E-state index contributed by atoms with van der Waals surface area (Å²) in [4.78, 5) is 20.6. The first-order chi connectivity index (χ1) is 14.0. The molecule has 0 aliphatic carbocycles. The lowest BCUT2D eigenvalue weighted by Gasteiger charge is -2.11. The fourth-order valence-corrected chi connectivity index (χ4v) is 2.89. The van der Waals surface area contributed by atoms with E-state index >= 15 is 0 Å². The summed E-state index contributed by atoms with van der Waals surface area (Å²) in [5.41, 5.74) is 2.13. The molecule has 2 N–H and O–H groups in total. The zero-order valence-electron chi connectivity index (χ0n) is 14.9. The Balaban J connectivity index is 1.50. The maximum Gasteiger partial charge on any atom is 0.323 e. The number of anilines is 2. The van der Waals surface area contributed by atoms with Crippen molar-refractivity contribution in [3.63, 3.8) is 0 Å². The Labute approximate surface area is 170 Å². The van der Waals surface area contributed by atoms with Gasteiger partial charge in [-0.25, -0.2) is 9.18 Å². The topological polar surface area (TPSA) is 76.1 Å². The van der Waals surface area contributed by atoms with E-state index in [-0.39, 0.29) is 11.4 Å². The molecule has 0 fully saturated rings. The lowest BCUT2D eigenvalue weighted by Crippen LogP contribution is -2.19. The third-order valence-electron chi connectivity index (χ3n) is 3.89. The van der Waals surface area contributed by atoms with Gasteiger partial charge in [0.15, 0.2) is 0 Å². The van der Waals surface area contributed by atoms with E-state index < -0.39 is 11.8 Å². The molecular formula is C21H14ClFN4O2. The number of carbonyl (C=O) groups is 1. The van der Waals surface area contributed by atoms with Gasteiger partial charge in [-0.1, -0.05) is 17.7 Å². The molecule has 0 bridgehead atoms. The van der Waals surface area contributed by atoms with Crippen molar-refractivity contribution in [2.24, 2.45) is 0 Å². The summed E-state index contributed by atoms with van der Waals surface area (Å²) >= 11 is 5.90. The molecule has 3 aromatic carbocycles. The van der Waals surface area contributed by atoms with Crippen LogP contribution < -0.4 is 15.4 Å². The van der Waals surface area contributed by atoms with Crippen molar-refractivity contribution in [3.05, 3.63) is 83.9 Å². The number of nitrogens with one attached hydrogen (secondary N) is 2. The van der Waals surface area contributed by atoms with Crippen molar-refractivity contribution < 1.29 is 13.9 Å². The fraction of sp³-hybridized carbons (Fsp3) is 0. The van der Waals surface area contributed by atoms with Gasteiger partial charge in [-0.2, -0.15) is 0 Å². The number of rotatable bonds is 4. The highest BCUT2D eigenvalue weighted by Crippen LogP contribution is 2.27. The molecule has 0 radical (unpaired) electrons. The van der Waals surface area contributed by atoms with E-state index in [9.17, 15) is 9.18 Å². The third kappa shape index (κ3) is 4.77. The smallest absolute Gasteiger partial charge is 0.323 e. The number of fused-ring (bicyclic) bond motifs is 1. The summed E-state index contributed by atoms with van der Waals surface area (Å²) < 4.78 is 19.7. The van der Waals surface area contributed by atoms with E-state index in [1.165, 1.54) is 18.2 Å². The van der Waals surface area contributed by atoms with Crippen LogP contribution in [0.3, 0.4) is 0 Å². The molecule has 2 amide bonds. The molecule has 0 unspecified atom stereocenters. The highest BCUT2D eigenvalue weighted by molar-refractivity contribution is 6.30. The Hall–Kier alpha value is -3.71. The third-order valence-corrected chi connectivity index (χ3v) is 4.12. The highest BCUT2D eigenvalue weighted by atomic mass is 35.5. The highest BCUT2D eigenvalue weighted by Gasteiger charge is 2.08. The summed E-state index contributed by atoms with van der Waals surface area (Å²) in [5, 5.41) is 5.69. The van der Waals surface area contributed by atoms with Crippen molar-refractivity contribution in [2.75, 3.05) is 10.6 Å². The van der Waals surface area contributed by atoms with E-state index in [0.717, 1.165) is 5.52 Å². The molecule has 0 atom stereocenters. The number of urea groups is 1. The zero-order valence-corrected chi connectivity index (χ0v) is 15.7. The van der Waals surface area contributed by atoms with Gasteiger partial charge in [0, 0.05) is 47.0 Å². The Morgan fingerprint density at radius 3 is 2.48 bits per heavy atom. The van der Waals surface area contributed by atoms with Crippen molar-refractivity contribution in [3.8, 4) is 11.5 Å². The van der Waals surface area contributed by atoms with Gasteiger partial charge < -0.3 is 15.4 Å². The molecule has 29 heavy (non-hydrogen) atoms. The Kier molecular flexibility index (Phi) is 5.22. The first kappa shape index (κ1) is 18.6. The lowest BCUT2D eigenvalue weighted by atomic mass is 10.2. The van der Waals surface area contributed by atoms with Crippen LogP contribution in [0, 0.1) is 5.82 Å². The predicted octanol–water partition coefficient (Wildman–Crippen LogP) is 5.86. The van der Waals surface area contributed by atoms with E-state index in [4.69, 9.17) is 16.3 Å². The van der Waals surface area contributed by atoms with E-state index in [1.807, 2.05) is 0 Å². The average molecular weight is 409 g/mol. The molecule has 0 aliphatic rings. The first-order valence-corrected chi connectivity index (χ1v) is 8.96. The molecule has 0 saturated carbocycles. The van der Waals surface area contributed by atoms with Crippen LogP contribution in [0.2, 0.25) is 5.02 Å². The minimum absolute atomic E-state index is 0.228. The van der Waals surface area contributed by atoms with Crippen molar-refractivity contribution in [1.82, 2.24) is 9.97 Å². The van der Waals surface area contributed by atoms with Gasteiger partial charge in [0.1, 0.15) is 17.3 Å². The molecule has 144 valence electrons. The monoisotopic (exact) mass is 408 g/mol. The van der Waals surface area contributed by atoms with E-state index in [1.54, 1.807) is 54.9 Å². The number of hydrogen-bond acceptors (Lipinski definition) is 4. The molecule has 1 heterocycles. The number of carbonyl (C=O) groups excluding carboxylic acids is 1. The largest absolute Gasteiger partial charge is 0.457 e. The van der Waals surface area contributed by atoms with Gasteiger partial charge in [-0.05, 0) is 36.4 Å². The van der Waals surface area contributed by atoms with Gasteiger partial charge in [-0.15, -0.1) is 0 Å². The summed E-state index contributed by atoms with van der Waals surface area (Å²) in [6, 6.07) is 15.3. The second-order valence-electron chi connectivity index (χ2n) is 6.07. The summed E-state index contributed by atoms with van der Waals surface area (Å²) in [7, 11) is 0. The van der Waals surface area contributed by atoms with Crippen molar-refractivity contribution >= 4 is 40.0 Å². The molecule has 4 rings (SSSR count). The maximum atomic E-state index is 14.0. The summed E-state index contributed by atoms with van der Waals surface area (Å²) in [6.45, 7) is 0. The number of halogens is 2. The second-order valence-corrected chi connectivity index (χ2v) is 6.51. The molecule has 8 heteroatoms. The van der Waals surface area contributed by atoms with Crippen LogP contribution in [0.15, 0.2) is 73.1 Å². The zero-order chi connectivity index (χ0) is 20.2. The molecule has 0 aliphatic heterocycles. The van der Waals surface area contributed by atoms with E-state index in [2.05, 4.69) is 20.6 Å². The van der Waals surface area contributed by atoms with Gasteiger partial charge in [-0.3, -0.25) is 9.97 Å². The molecular weight excluding hydrogens is 395 g/mol. The number of aromatic nitrogens is 2. The Morgan fingerprint density at radius 1 is 0.862 bits per heavy atom. The molecule has 4 aromatic rings. The van der Waals surface area contributed by atoms with Crippen LogP contribution in [0.4, 0.5) is 20.6 Å². The first-order valence-electron chi connectivity index (χ1n) is 8.58. The quantitative estimate of drug-likeness (QED) is 0.443. The van der Waals surface area contributed by atoms with E-state index in [0.29, 0.717) is 22.0 Å². The van der Waals surface area contributed by atoms with Gasteiger partial charge in [0.05, 0.1) is 11.0 Å².